The molecule has 98 valence electrons. The van der Waals surface area contributed by atoms with Gasteiger partial charge in [-0.1, -0.05) is 20.8 Å². The summed E-state index contributed by atoms with van der Waals surface area (Å²) in [4.78, 5) is 4.27. The molecule has 0 radical (unpaired) electrons. The van der Waals surface area contributed by atoms with E-state index in [1.807, 2.05) is 16.8 Å². The summed E-state index contributed by atoms with van der Waals surface area (Å²) >= 11 is 0. The molecule has 0 saturated heterocycles. The first-order chi connectivity index (χ1) is 8.72. The van der Waals surface area contributed by atoms with Crippen molar-refractivity contribution in [1.82, 2.24) is 19.9 Å². The third-order valence-corrected chi connectivity index (χ3v) is 2.73. The van der Waals surface area contributed by atoms with E-state index in [0.29, 0.717) is 18.4 Å². The maximum atomic E-state index is 5.68. The Bertz CT molecular complexity index is 507. The Morgan fingerprint density at radius 1 is 1.44 bits per heavy atom. The minimum absolute atomic E-state index is 0.402. The Morgan fingerprint density at radius 2 is 2.28 bits per heavy atom. The predicted molar refractivity (Wildman–Crippen MR) is 71.1 cm³/mol. The van der Waals surface area contributed by atoms with Gasteiger partial charge in [-0.25, -0.2) is 9.50 Å². The summed E-state index contributed by atoms with van der Waals surface area (Å²) in [6, 6.07) is 2.04. The Kier molecular flexibility index (Phi) is 4.15. The number of ether oxygens (including phenoxy) is 1. The van der Waals surface area contributed by atoms with Gasteiger partial charge in [-0.2, -0.15) is 5.10 Å². The maximum Gasteiger partial charge on any atom is 0.240 e. The molecule has 0 aromatic carbocycles. The van der Waals surface area contributed by atoms with Crippen LogP contribution in [-0.2, 0) is 0 Å². The van der Waals surface area contributed by atoms with Crippen LogP contribution in [0.25, 0.3) is 5.52 Å². The molecular formula is C13H20N4O. The summed E-state index contributed by atoms with van der Waals surface area (Å²) in [6.45, 7) is 8.71. The highest BCUT2D eigenvalue weighted by Gasteiger charge is 2.10. The minimum atomic E-state index is 0.402. The highest BCUT2D eigenvalue weighted by atomic mass is 16.5. The van der Waals surface area contributed by atoms with E-state index in [2.05, 4.69) is 36.2 Å². The molecule has 0 bridgehead atoms. The number of nitrogens with one attached hydrogen (secondary N) is 1. The molecule has 0 aliphatic carbocycles. The van der Waals surface area contributed by atoms with Gasteiger partial charge >= 0.3 is 0 Å². The first-order valence-electron chi connectivity index (χ1n) is 6.40. The summed E-state index contributed by atoms with van der Waals surface area (Å²) in [5.74, 6) is 1.05. The van der Waals surface area contributed by atoms with Crippen LogP contribution in [0.4, 0.5) is 0 Å². The van der Waals surface area contributed by atoms with Crippen LogP contribution in [0.2, 0.25) is 0 Å². The van der Waals surface area contributed by atoms with Crippen LogP contribution in [0.15, 0.2) is 18.5 Å². The Morgan fingerprint density at radius 3 is 3.00 bits per heavy atom. The summed E-state index contributed by atoms with van der Waals surface area (Å²) in [6.07, 6.45) is 3.56. The number of likely N-dealkylation sites (N-methyl/N-ethyl adjacent to an activating group) is 1. The molecule has 0 unspecified atom stereocenters. The number of hydrogen-bond donors (Lipinski definition) is 1. The van der Waals surface area contributed by atoms with E-state index in [9.17, 15) is 0 Å². The van der Waals surface area contributed by atoms with Crippen LogP contribution in [0.5, 0.6) is 5.88 Å². The van der Waals surface area contributed by atoms with Crippen molar-refractivity contribution in [1.29, 1.82) is 0 Å². The van der Waals surface area contributed by atoms with Crippen molar-refractivity contribution in [2.45, 2.75) is 26.7 Å². The molecular weight excluding hydrogens is 228 g/mol. The number of rotatable bonds is 6. The van der Waals surface area contributed by atoms with Gasteiger partial charge in [0.1, 0.15) is 12.1 Å². The average molecular weight is 248 g/mol. The molecule has 2 rings (SSSR count). The zero-order valence-electron chi connectivity index (χ0n) is 11.2. The average Bonchev–Trinajstić information content (AvgIpc) is 2.79. The first-order valence-corrected chi connectivity index (χ1v) is 6.40. The van der Waals surface area contributed by atoms with E-state index in [0.717, 1.165) is 24.3 Å². The lowest BCUT2D eigenvalue weighted by atomic mass is 10.1. The highest BCUT2D eigenvalue weighted by Crippen LogP contribution is 2.21. The smallest absolute Gasteiger partial charge is 0.240 e. The molecule has 5 heteroatoms. The minimum Gasteiger partial charge on any atom is -0.475 e. The zero-order valence-corrected chi connectivity index (χ0v) is 11.2. The SMILES string of the molecule is CCNCCOc1nccn2nc(C(C)C)cc12. The van der Waals surface area contributed by atoms with Crippen molar-refractivity contribution in [2.24, 2.45) is 0 Å². The van der Waals surface area contributed by atoms with Crippen LogP contribution < -0.4 is 10.1 Å². The fourth-order valence-corrected chi connectivity index (χ4v) is 1.71. The van der Waals surface area contributed by atoms with Gasteiger partial charge in [-0.15, -0.1) is 0 Å². The van der Waals surface area contributed by atoms with Crippen molar-refractivity contribution in [3.63, 3.8) is 0 Å². The van der Waals surface area contributed by atoms with Crippen LogP contribution in [0.1, 0.15) is 32.4 Å². The lowest BCUT2D eigenvalue weighted by molar-refractivity contribution is 0.306. The Hall–Kier alpha value is -1.62. The summed E-state index contributed by atoms with van der Waals surface area (Å²) < 4.78 is 7.50. The highest BCUT2D eigenvalue weighted by molar-refractivity contribution is 5.56. The quantitative estimate of drug-likeness (QED) is 0.793. The van der Waals surface area contributed by atoms with Gasteiger partial charge in [-0.05, 0) is 18.5 Å². The topological polar surface area (TPSA) is 51.5 Å². The second kappa shape index (κ2) is 5.82. The summed E-state index contributed by atoms with van der Waals surface area (Å²) in [5, 5.41) is 7.71. The maximum absolute atomic E-state index is 5.68. The summed E-state index contributed by atoms with van der Waals surface area (Å²) in [7, 11) is 0. The van der Waals surface area contributed by atoms with Gasteiger partial charge in [0, 0.05) is 18.9 Å². The number of nitrogens with zero attached hydrogens (tertiary/aromatic N) is 3. The van der Waals surface area contributed by atoms with E-state index in [1.54, 1.807) is 6.20 Å². The van der Waals surface area contributed by atoms with Crippen LogP contribution in [0.3, 0.4) is 0 Å². The van der Waals surface area contributed by atoms with E-state index < -0.39 is 0 Å². The molecule has 2 aromatic rings. The molecule has 2 heterocycles. The van der Waals surface area contributed by atoms with Crippen molar-refractivity contribution in [3.05, 3.63) is 24.2 Å². The molecule has 5 nitrogen and oxygen atoms in total. The van der Waals surface area contributed by atoms with Crippen LogP contribution in [0, 0.1) is 0 Å². The molecule has 0 fully saturated rings. The third-order valence-electron chi connectivity index (χ3n) is 2.73. The second-order valence-electron chi connectivity index (χ2n) is 4.49. The van der Waals surface area contributed by atoms with Crippen LogP contribution in [-0.4, -0.2) is 34.3 Å². The van der Waals surface area contributed by atoms with E-state index in [4.69, 9.17) is 4.74 Å². The molecule has 18 heavy (non-hydrogen) atoms. The normalized spacial score (nSPS) is 11.3. The molecule has 0 spiro atoms. The standard InChI is InChI=1S/C13H20N4O/c1-4-14-6-8-18-13-12-9-11(10(2)3)16-17(12)7-5-15-13/h5,7,9-10,14H,4,6,8H2,1-3H3. The second-order valence-corrected chi connectivity index (χ2v) is 4.49. The molecule has 0 aliphatic heterocycles. The number of fused-ring (bicyclic) bond motifs is 1. The predicted octanol–water partition coefficient (Wildman–Crippen LogP) is 1.84. The monoisotopic (exact) mass is 248 g/mol. The Labute approximate surface area is 107 Å². The van der Waals surface area contributed by atoms with Crippen molar-refractivity contribution in [2.75, 3.05) is 19.7 Å². The van der Waals surface area contributed by atoms with Crippen molar-refractivity contribution in [3.8, 4) is 5.88 Å². The lowest BCUT2D eigenvalue weighted by Gasteiger charge is -2.06. The number of hydrogen-bond acceptors (Lipinski definition) is 4. The number of aromatic nitrogens is 3. The summed E-state index contributed by atoms with van der Waals surface area (Å²) in [5.41, 5.74) is 1.98. The van der Waals surface area contributed by atoms with Gasteiger partial charge < -0.3 is 10.1 Å². The fraction of sp³-hybridized carbons (Fsp3) is 0.538. The van der Waals surface area contributed by atoms with E-state index in [-0.39, 0.29) is 0 Å². The molecule has 0 atom stereocenters. The van der Waals surface area contributed by atoms with Gasteiger partial charge in [0.05, 0.1) is 5.69 Å². The molecule has 0 saturated carbocycles. The lowest BCUT2D eigenvalue weighted by Crippen LogP contribution is -2.20. The van der Waals surface area contributed by atoms with E-state index in [1.165, 1.54) is 0 Å². The van der Waals surface area contributed by atoms with E-state index >= 15 is 0 Å². The molecule has 0 aliphatic rings. The van der Waals surface area contributed by atoms with Gasteiger partial charge in [0.25, 0.3) is 0 Å². The molecule has 2 aromatic heterocycles. The van der Waals surface area contributed by atoms with Crippen molar-refractivity contribution < 1.29 is 4.74 Å². The van der Waals surface area contributed by atoms with Crippen molar-refractivity contribution >= 4 is 5.52 Å². The first kappa shape index (κ1) is 12.8. The molecule has 0 amide bonds. The van der Waals surface area contributed by atoms with Gasteiger partial charge in [-0.3, -0.25) is 0 Å². The molecule has 1 N–H and O–H groups in total. The third kappa shape index (κ3) is 2.79. The largest absolute Gasteiger partial charge is 0.475 e. The fourth-order valence-electron chi connectivity index (χ4n) is 1.71. The zero-order chi connectivity index (χ0) is 13.0. The van der Waals surface area contributed by atoms with Crippen LogP contribution >= 0.6 is 0 Å². The Balaban J connectivity index is 2.16. The van der Waals surface area contributed by atoms with Gasteiger partial charge in [0.15, 0.2) is 0 Å². The van der Waals surface area contributed by atoms with Gasteiger partial charge in [0.2, 0.25) is 5.88 Å².